The molecule has 0 bridgehead atoms. The van der Waals surface area contributed by atoms with Crippen LogP contribution < -0.4 is 15.4 Å². The molecule has 2 aromatic carbocycles. The number of rotatable bonds is 6. The molecule has 0 spiro atoms. The van der Waals surface area contributed by atoms with Gasteiger partial charge in [0.2, 0.25) is 5.91 Å². The largest absolute Gasteiger partial charge is 0.494 e. The Morgan fingerprint density at radius 1 is 1.12 bits per heavy atom. The van der Waals surface area contributed by atoms with Crippen LogP contribution in [-0.4, -0.2) is 25.5 Å². The molecule has 0 aromatic heterocycles. The van der Waals surface area contributed by atoms with Crippen LogP contribution >= 0.6 is 0 Å². The first-order valence-electron chi connectivity index (χ1n) is 7.48. The van der Waals surface area contributed by atoms with Crippen molar-refractivity contribution >= 4 is 17.5 Å². The highest BCUT2D eigenvalue weighted by molar-refractivity contribution is 5.95. The second-order valence-corrected chi connectivity index (χ2v) is 5.23. The van der Waals surface area contributed by atoms with E-state index in [-0.39, 0.29) is 17.6 Å². The van der Waals surface area contributed by atoms with Crippen LogP contribution in [0, 0.1) is 5.82 Å². The lowest BCUT2D eigenvalue weighted by atomic mass is 10.1. The summed E-state index contributed by atoms with van der Waals surface area (Å²) in [5.41, 5.74) is 1.90. The topological polar surface area (TPSA) is 67.4 Å². The third-order valence-electron chi connectivity index (χ3n) is 3.38. The van der Waals surface area contributed by atoms with Gasteiger partial charge in [-0.15, -0.1) is 0 Å². The molecule has 5 nitrogen and oxygen atoms in total. The van der Waals surface area contributed by atoms with Gasteiger partial charge >= 0.3 is 0 Å². The predicted octanol–water partition coefficient (Wildman–Crippen LogP) is 2.77. The predicted molar refractivity (Wildman–Crippen MR) is 89.7 cm³/mol. The minimum Gasteiger partial charge on any atom is -0.494 e. The zero-order valence-corrected chi connectivity index (χ0v) is 13.6. The molecule has 0 unspecified atom stereocenters. The van der Waals surface area contributed by atoms with Crippen molar-refractivity contribution in [2.75, 3.05) is 19.0 Å². The third kappa shape index (κ3) is 4.81. The highest BCUT2D eigenvalue weighted by Gasteiger charge is 2.07. The summed E-state index contributed by atoms with van der Waals surface area (Å²) in [6, 6.07) is 11.3. The average Bonchev–Trinajstić information content (AvgIpc) is 2.55. The van der Waals surface area contributed by atoms with Gasteiger partial charge in [0.1, 0.15) is 0 Å². The van der Waals surface area contributed by atoms with Crippen LogP contribution in [0.3, 0.4) is 0 Å². The number of methoxy groups -OCH3 is 1. The van der Waals surface area contributed by atoms with Crippen LogP contribution in [0.2, 0.25) is 0 Å². The standard InChI is InChI=1S/C18H19FN2O3/c1-12(22)21-15-6-4-14(5-7-15)18(23)20-10-9-13-3-8-17(24-2)16(19)11-13/h3-8,11H,9-10H2,1-2H3,(H,20,23)(H,21,22). The number of nitrogens with one attached hydrogen (secondary N) is 2. The van der Waals surface area contributed by atoms with Crippen LogP contribution in [0.1, 0.15) is 22.8 Å². The molecule has 0 aliphatic rings. The second-order valence-electron chi connectivity index (χ2n) is 5.23. The zero-order valence-electron chi connectivity index (χ0n) is 13.6. The lowest BCUT2D eigenvalue weighted by Crippen LogP contribution is -2.25. The molecule has 2 amide bonds. The summed E-state index contributed by atoms with van der Waals surface area (Å²) in [5, 5.41) is 5.41. The van der Waals surface area contributed by atoms with E-state index in [1.165, 1.54) is 20.1 Å². The van der Waals surface area contributed by atoms with E-state index in [9.17, 15) is 14.0 Å². The summed E-state index contributed by atoms with van der Waals surface area (Å²) >= 11 is 0. The van der Waals surface area contributed by atoms with E-state index in [0.717, 1.165) is 5.56 Å². The maximum absolute atomic E-state index is 13.6. The maximum atomic E-state index is 13.6. The van der Waals surface area contributed by atoms with E-state index in [1.807, 2.05) is 0 Å². The highest BCUT2D eigenvalue weighted by atomic mass is 19.1. The minimum absolute atomic E-state index is 0.168. The molecule has 0 saturated heterocycles. The maximum Gasteiger partial charge on any atom is 0.251 e. The van der Waals surface area contributed by atoms with Crippen molar-refractivity contribution in [3.05, 3.63) is 59.4 Å². The van der Waals surface area contributed by atoms with Gasteiger partial charge in [-0.25, -0.2) is 4.39 Å². The fourth-order valence-corrected chi connectivity index (χ4v) is 2.20. The van der Waals surface area contributed by atoms with E-state index in [1.54, 1.807) is 36.4 Å². The summed E-state index contributed by atoms with van der Waals surface area (Å²) in [6.07, 6.45) is 0.511. The molecule has 0 aliphatic heterocycles. The lowest BCUT2D eigenvalue weighted by Gasteiger charge is -2.08. The first-order valence-corrected chi connectivity index (χ1v) is 7.48. The van der Waals surface area contributed by atoms with Crippen LogP contribution in [0.5, 0.6) is 5.75 Å². The van der Waals surface area contributed by atoms with E-state index in [2.05, 4.69) is 10.6 Å². The highest BCUT2D eigenvalue weighted by Crippen LogP contribution is 2.17. The normalized spacial score (nSPS) is 10.1. The zero-order chi connectivity index (χ0) is 17.5. The summed E-state index contributed by atoms with van der Waals surface area (Å²) in [4.78, 5) is 23.0. The van der Waals surface area contributed by atoms with Crippen molar-refractivity contribution in [1.82, 2.24) is 5.32 Å². The van der Waals surface area contributed by atoms with Crippen LogP contribution in [0.25, 0.3) is 0 Å². The average molecular weight is 330 g/mol. The Balaban J connectivity index is 1.86. The van der Waals surface area contributed by atoms with E-state index in [0.29, 0.717) is 24.2 Å². The van der Waals surface area contributed by atoms with Gasteiger partial charge in [0.25, 0.3) is 5.91 Å². The molecule has 0 heterocycles. The number of anilines is 1. The number of hydrogen-bond donors (Lipinski definition) is 2. The molecule has 126 valence electrons. The fourth-order valence-electron chi connectivity index (χ4n) is 2.20. The van der Waals surface area contributed by atoms with Crippen molar-refractivity contribution in [1.29, 1.82) is 0 Å². The first kappa shape index (κ1) is 17.5. The van der Waals surface area contributed by atoms with Crippen molar-refractivity contribution in [2.45, 2.75) is 13.3 Å². The van der Waals surface area contributed by atoms with Gasteiger partial charge in [0, 0.05) is 24.7 Å². The molecule has 6 heteroatoms. The number of carbonyl (C=O) groups excluding carboxylic acids is 2. The van der Waals surface area contributed by atoms with E-state index in [4.69, 9.17) is 4.74 Å². The van der Waals surface area contributed by atoms with Crippen molar-refractivity contribution < 1.29 is 18.7 Å². The Bertz CT molecular complexity index is 730. The number of halogens is 1. The van der Waals surface area contributed by atoms with Crippen LogP contribution in [-0.2, 0) is 11.2 Å². The van der Waals surface area contributed by atoms with Gasteiger partial charge in [0.15, 0.2) is 11.6 Å². The molecule has 0 fully saturated rings. The molecule has 2 rings (SSSR count). The van der Waals surface area contributed by atoms with Crippen LogP contribution in [0.4, 0.5) is 10.1 Å². The monoisotopic (exact) mass is 330 g/mol. The third-order valence-corrected chi connectivity index (χ3v) is 3.38. The quantitative estimate of drug-likeness (QED) is 0.856. The van der Waals surface area contributed by atoms with Crippen molar-refractivity contribution in [2.24, 2.45) is 0 Å². The molecular weight excluding hydrogens is 311 g/mol. The molecule has 0 radical (unpaired) electrons. The summed E-state index contributed by atoms with van der Waals surface area (Å²) in [5.74, 6) is -0.616. The molecule has 2 aromatic rings. The van der Waals surface area contributed by atoms with Gasteiger partial charge < -0.3 is 15.4 Å². The summed E-state index contributed by atoms with van der Waals surface area (Å²) in [6.45, 7) is 1.81. The van der Waals surface area contributed by atoms with Crippen molar-refractivity contribution in [3.8, 4) is 5.75 Å². The van der Waals surface area contributed by atoms with Crippen molar-refractivity contribution in [3.63, 3.8) is 0 Å². The molecule has 0 atom stereocenters. The summed E-state index contributed by atoms with van der Waals surface area (Å²) < 4.78 is 18.5. The second kappa shape index (κ2) is 8.10. The van der Waals surface area contributed by atoms with E-state index >= 15 is 0 Å². The SMILES string of the molecule is COc1ccc(CCNC(=O)c2ccc(NC(C)=O)cc2)cc1F. The minimum atomic E-state index is -0.421. The van der Waals surface area contributed by atoms with Gasteiger partial charge in [-0.1, -0.05) is 6.07 Å². The number of ether oxygens (including phenoxy) is 1. The lowest BCUT2D eigenvalue weighted by molar-refractivity contribution is -0.114. The first-order chi connectivity index (χ1) is 11.5. The number of amides is 2. The van der Waals surface area contributed by atoms with Gasteiger partial charge in [-0.2, -0.15) is 0 Å². The fraction of sp³-hybridized carbons (Fsp3) is 0.222. The molecule has 24 heavy (non-hydrogen) atoms. The smallest absolute Gasteiger partial charge is 0.251 e. The Morgan fingerprint density at radius 2 is 1.83 bits per heavy atom. The molecular formula is C18H19FN2O3. The molecule has 0 saturated carbocycles. The van der Waals surface area contributed by atoms with Gasteiger partial charge in [0.05, 0.1) is 7.11 Å². The Kier molecular flexibility index (Phi) is 5.89. The summed E-state index contributed by atoms with van der Waals surface area (Å²) in [7, 11) is 1.41. The Hall–Kier alpha value is -2.89. The van der Waals surface area contributed by atoms with Crippen LogP contribution in [0.15, 0.2) is 42.5 Å². The molecule has 0 aliphatic carbocycles. The number of hydrogen-bond acceptors (Lipinski definition) is 3. The number of carbonyl (C=O) groups is 2. The number of benzene rings is 2. The van der Waals surface area contributed by atoms with E-state index < -0.39 is 5.82 Å². The van der Waals surface area contributed by atoms with Gasteiger partial charge in [-0.05, 0) is 48.4 Å². The van der Waals surface area contributed by atoms with Gasteiger partial charge in [-0.3, -0.25) is 9.59 Å². The Labute approximate surface area is 139 Å². The Morgan fingerprint density at radius 3 is 2.42 bits per heavy atom. The molecule has 2 N–H and O–H groups in total.